The first-order chi connectivity index (χ1) is 9.13. The summed E-state index contributed by atoms with van der Waals surface area (Å²) in [7, 11) is 0. The minimum absolute atomic E-state index is 0.0221. The number of halogens is 1. The fourth-order valence-corrected chi connectivity index (χ4v) is 2.70. The van der Waals surface area contributed by atoms with Gasteiger partial charge in [-0.1, -0.05) is 12.1 Å². The molecule has 19 heavy (non-hydrogen) atoms. The molecule has 1 aromatic rings. The molecular formula is C13H16BrN3O2. The summed E-state index contributed by atoms with van der Waals surface area (Å²) in [6, 6.07) is 5.28. The Labute approximate surface area is 120 Å². The number of benzene rings is 1. The molecule has 1 saturated heterocycles. The summed E-state index contributed by atoms with van der Waals surface area (Å²) in [5.41, 5.74) is 1.01. The van der Waals surface area contributed by atoms with E-state index in [1.807, 2.05) is 12.1 Å². The van der Waals surface area contributed by atoms with Gasteiger partial charge in [0, 0.05) is 32.2 Å². The minimum atomic E-state index is -0.370. The van der Waals surface area contributed by atoms with Crippen molar-refractivity contribution in [2.45, 2.75) is 6.04 Å². The van der Waals surface area contributed by atoms with Crippen molar-refractivity contribution in [3.8, 4) is 0 Å². The van der Waals surface area contributed by atoms with Crippen molar-refractivity contribution in [2.75, 3.05) is 26.2 Å². The molecule has 0 saturated carbocycles. The molecule has 0 radical (unpaired) electrons. The third kappa shape index (κ3) is 3.20. The van der Waals surface area contributed by atoms with E-state index in [-0.39, 0.29) is 16.7 Å². The third-order valence-electron chi connectivity index (χ3n) is 3.28. The molecule has 1 fully saturated rings. The Balaban J connectivity index is 2.29. The number of hydrogen-bond donors (Lipinski definition) is 1. The summed E-state index contributed by atoms with van der Waals surface area (Å²) >= 11 is 3.21. The van der Waals surface area contributed by atoms with Crippen LogP contribution in [0.1, 0.15) is 11.6 Å². The van der Waals surface area contributed by atoms with Gasteiger partial charge < -0.3 is 5.32 Å². The van der Waals surface area contributed by atoms with Gasteiger partial charge in [-0.2, -0.15) is 0 Å². The molecule has 102 valence electrons. The number of rotatable bonds is 4. The molecule has 0 spiro atoms. The average Bonchev–Trinajstić information content (AvgIpc) is 2.42. The highest BCUT2D eigenvalue weighted by Gasteiger charge is 2.22. The van der Waals surface area contributed by atoms with Crippen LogP contribution in [0.15, 0.2) is 35.3 Å². The molecule has 0 aliphatic carbocycles. The first-order valence-corrected chi connectivity index (χ1v) is 6.94. The summed E-state index contributed by atoms with van der Waals surface area (Å²) in [6.07, 6.45) is 1.85. The summed E-state index contributed by atoms with van der Waals surface area (Å²) in [5.74, 6) is 0. The van der Waals surface area contributed by atoms with E-state index in [9.17, 15) is 10.1 Å². The Morgan fingerprint density at radius 3 is 2.74 bits per heavy atom. The minimum Gasteiger partial charge on any atom is -0.314 e. The van der Waals surface area contributed by atoms with Gasteiger partial charge in [0.1, 0.15) is 0 Å². The summed E-state index contributed by atoms with van der Waals surface area (Å²) in [4.78, 5) is 12.9. The van der Waals surface area contributed by atoms with Gasteiger partial charge >= 0.3 is 0 Å². The van der Waals surface area contributed by atoms with Crippen LogP contribution in [0.25, 0.3) is 0 Å². The summed E-state index contributed by atoms with van der Waals surface area (Å²) in [5, 5.41) is 14.3. The fourth-order valence-electron chi connectivity index (χ4n) is 2.31. The highest BCUT2D eigenvalue weighted by molar-refractivity contribution is 9.10. The molecule has 0 aromatic heterocycles. The Hall–Kier alpha value is -1.24. The van der Waals surface area contributed by atoms with Crippen LogP contribution in [0.4, 0.5) is 5.69 Å². The maximum atomic E-state index is 11.0. The number of nitrogens with zero attached hydrogens (tertiary/aromatic N) is 2. The van der Waals surface area contributed by atoms with E-state index in [4.69, 9.17) is 0 Å². The Morgan fingerprint density at radius 1 is 1.47 bits per heavy atom. The maximum Gasteiger partial charge on any atom is 0.283 e. The van der Waals surface area contributed by atoms with Gasteiger partial charge in [0.2, 0.25) is 0 Å². The van der Waals surface area contributed by atoms with Crippen molar-refractivity contribution in [2.24, 2.45) is 0 Å². The molecule has 1 aliphatic heterocycles. The zero-order chi connectivity index (χ0) is 13.8. The zero-order valence-electron chi connectivity index (χ0n) is 10.5. The smallest absolute Gasteiger partial charge is 0.283 e. The standard InChI is InChI=1S/C13H16BrN3O2/c1-2-12(16-7-5-15-6-8-16)10-3-4-11(14)13(9-10)17(18)19/h2-4,9,12,15H,1,5-8H2/t12-/m0/s1. The van der Waals surface area contributed by atoms with E-state index < -0.39 is 0 Å². The summed E-state index contributed by atoms with van der Waals surface area (Å²) in [6.45, 7) is 7.57. The molecule has 1 N–H and O–H groups in total. The highest BCUT2D eigenvalue weighted by Crippen LogP contribution is 2.30. The van der Waals surface area contributed by atoms with E-state index in [0.29, 0.717) is 4.47 Å². The van der Waals surface area contributed by atoms with Crippen molar-refractivity contribution in [3.05, 3.63) is 51.0 Å². The van der Waals surface area contributed by atoms with Crippen LogP contribution >= 0.6 is 15.9 Å². The van der Waals surface area contributed by atoms with Gasteiger partial charge in [-0.3, -0.25) is 15.0 Å². The number of piperazine rings is 1. The Bertz CT molecular complexity index is 487. The van der Waals surface area contributed by atoms with Crippen molar-refractivity contribution >= 4 is 21.6 Å². The second-order valence-electron chi connectivity index (χ2n) is 4.43. The summed E-state index contributed by atoms with van der Waals surface area (Å²) < 4.78 is 0.504. The Morgan fingerprint density at radius 2 is 2.16 bits per heavy atom. The van der Waals surface area contributed by atoms with Gasteiger partial charge in [0.05, 0.1) is 15.4 Å². The lowest BCUT2D eigenvalue weighted by Crippen LogP contribution is -2.44. The van der Waals surface area contributed by atoms with Crippen LogP contribution in [0.3, 0.4) is 0 Å². The SMILES string of the molecule is C=C[C@@H](c1ccc(Br)c([N+](=O)[O-])c1)N1CCNCC1. The zero-order valence-corrected chi connectivity index (χ0v) is 12.1. The van der Waals surface area contributed by atoms with Gasteiger partial charge in [0.25, 0.3) is 5.69 Å². The highest BCUT2D eigenvalue weighted by atomic mass is 79.9. The molecule has 1 aromatic carbocycles. The van der Waals surface area contributed by atoms with Crippen molar-refractivity contribution in [3.63, 3.8) is 0 Å². The molecule has 0 unspecified atom stereocenters. The molecule has 6 heteroatoms. The third-order valence-corrected chi connectivity index (χ3v) is 3.95. The first kappa shape index (κ1) is 14.2. The van der Waals surface area contributed by atoms with Crippen molar-refractivity contribution < 1.29 is 4.92 Å². The van der Waals surface area contributed by atoms with E-state index in [1.165, 1.54) is 0 Å². The molecule has 1 aliphatic rings. The predicted octanol–water partition coefficient (Wildman–Crippen LogP) is 2.49. The predicted molar refractivity (Wildman–Crippen MR) is 78.2 cm³/mol. The van der Waals surface area contributed by atoms with Crippen molar-refractivity contribution in [1.29, 1.82) is 0 Å². The molecule has 1 heterocycles. The molecule has 1 atom stereocenters. The second kappa shape index (κ2) is 6.27. The van der Waals surface area contributed by atoms with E-state index in [1.54, 1.807) is 12.1 Å². The molecule has 2 rings (SSSR count). The van der Waals surface area contributed by atoms with E-state index in [0.717, 1.165) is 31.7 Å². The lowest BCUT2D eigenvalue weighted by Gasteiger charge is -2.33. The van der Waals surface area contributed by atoms with Gasteiger partial charge in [-0.25, -0.2) is 0 Å². The van der Waals surface area contributed by atoms with Crippen LogP contribution in [0.2, 0.25) is 0 Å². The van der Waals surface area contributed by atoms with Gasteiger partial charge in [-0.15, -0.1) is 6.58 Å². The Kier molecular flexibility index (Phi) is 4.68. The maximum absolute atomic E-state index is 11.0. The number of nitrogens with one attached hydrogen (secondary N) is 1. The van der Waals surface area contributed by atoms with Crippen LogP contribution in [0.5, 0.6) is 0 Å². The molecular weight excluding hydrogens is 310 g/mol. The van der Waals surface area contributed by atoms with Crippen LogP contribution in [0, 0.1) is 10.1 Å². The molecule has 0 bridgehead atoms. The monoisotopic (exact) mass is 325 g/mol. The average molecular weight is 326 g/mol. The lowest BCUT2D eigenvalue weighted by molar-refractivity contribution is -0.385. The second-order valence-corrected chi connectivity index (χ2v) is 5.29. The van der Waals surface area contributed by atoms with Crippen LogP contribution in [-0.4, -0.2) is 36.0 Å². The van der Waals surface area contributed by atoms with E-state index >= 15 is 0 Å². The van der Waals surface area contributed by atoms with Gasteiger partial charge in [0.15, 0.2) is 0 Å². The largest absolute Gasteiger partial charge is 0.314 e. The lowest BCUT2D eigenvalue weighted by atomic mass is 10.0. The van der Waals surface area contributed by atoms with Crippen LogP contribution < -0.4 is 5.32 Å². The quantitative estimate of drug-likeness (QED) is 0.525. The number of hydrogen-bond acceptors (Lipinski definition) is 4. The topological polar surface area (TPSA) is 58.4 Å². The fraction of sp³-hybridized carbons (Fsp3) is 0.385. The first-order valence-electron chi connectivity index (χ1n) is 6.14. The molecule has 5 nitrogen and oxygen atoms in total. The van der Waals surface area contributed by atoms with Crippen molar-refractivity contribution in [1.82, 2.24) is 10.2 Å². The number of nitro groups is 1. The molecule has 0 amide bonds. The van der Waals surface area contributed by atoms with E-state index in [2.05, 4.69) is 32.7 Å². The van der Waals surface area contributed by atoms with Crippen LogP contribution in [-0.2, 0) is 0 Å². The normalized spacial score (nSPS) is 17.9. The number of nitro benzene ring substituents is 1. The van der Waals surface area contributed by atoms with Gasteiger partial charge in [-0.05, 0) is 27.6 Å².